The Kier molecular flexibility index (Phi) is 4.77. The normalized spacial score (nSPS) is 13.3. The van der Waals surface area contributed by atoms with Gasteiger partial charge in [0.15, 0.2) is 11.6 Å². The average Bonchev–Trinajstić information content (AvgIpc) is 2.82. The number of halogens is 1. The molecule has 2 aromatic carbocycles. The van der Waals surface area contributed by atoms with Crippen LogP contribution in [-0.2, 0) is 16.6 Å². The molecule has 3 aromatic rings. The van der Waals surface area contributed by atoms with Crippen LogP contribution in [-0.4, -0.2) is 26.4 Å². The standard InChI is InChI=1S/C20H16FN3O4S/c1-24-19-18(3-2-10-22-19)28-17-9-8-15(11-16(17)20(24)25)29(26,27)23-12-13-4-6-14(21)7-5-13/h2-11,23H,12H2,1H3. The Morgan fingerprint density at radius 3 is 2.62 bits per heavy atom. The van der Waals surface area contributed by atoms with Gasteiger partial charge >= 0.3 is 0 Å². The van der Waals surface area contributed by atoms with Crippen LogP contribution >= 0.6 is 0 Å². The lowest BCUT2D eigenvalue weighted by molar-refractivity contribution is 0.0992. The van der Waals surface area contributed by atoms with E-state index in [1.54, 1.807) is 19.2 Å². The number of aromatic nitrogens is 1. The number of benzene rings is 2. The van der Waals surface area contributed by atoms with E-state index < -0.39 is 21.7 Å². The van der Waals surface area contributed by atoms with Gasteiger partial charge in [0.25, 0.3) is 5.91 Å². The maximum absolute atomic E-state index is 13.0. The number of carbonyl (C=O) groups excluding carboxylic acids is 1. The predicted octanol–water partition coefficient (Wildman–Crippen LogP) is 3.08. The Morgan fingerprint density at radius 1 is 1.10 bits per heavy atom. The molecule has 0 unspecified atom stereocenters. The third-order valence-electron chi connectivity index (χ3n) is 4.46. The molecule has 1 N–H and O–H groups in total. The van der Waals surface area contributed by atoms with Crippen LogP contribution in [0.5, 0.6) is 11.5 Å². The quantitative estimate of drug-likeness (QED) is 0.710. The molecule has 1 aromatic heterocycles. The third kappa shape index (κ3) is 3.69. The van der Waals surface area contributed by atoms with Gasteiger partial charge in [-0.25, -0.2) is 22.5 Å². The number of anilines is 1. The first-order chi connectivity index (χ1) is 13.8. The number of nitrogens with one attached hydrogen (secondary N) is 1. The molecule has 0 bridgehead atoms. The molecule has 9 heteroatoms. The number of rotatable bonds is 4. The molecule has 4 rings (SSSR count). The number of nitrogens with zero attached hydrogens (tertiary/aromatic N) is 2. The molecule has 0 saturated carbocycles. The summed E-state index contributed by atoms with van der Waals surface area (Å²) in [4.78, 5) is 18.2. The van der Waals surface area contributed by atoms with Crippen LogP contribution in [0.3, 0.4) is 0 Å². The number of fused-ring (bicyclic) bond motifs is 2. The topological polar surface area (TPSA) is 88.6 Å². The third-order valence-corrected chi connectivity index (χ3v) is 5.86. The van der Waals surface area contributed by atoms with E-state index >= 15 is 0 Å². The summed E-state index contributed by atoms with van der Waals surface area (Å²) >= 11 is 0. The van der Waals surface area contributed by atoms with E-state index in [1.165, 1.54) is 53.6 Å². The van der Waals surface area contributed by atoms with E-state index in [9.17, 15) is 17.6 Å². The summed E-state index contributed by atoms with van der Waals surface area (Å²) in [5.41, 5.74) is 0.709. The van der Waals surface area contributed by atoms with E-state index in [1.807, 2.05) is 0 Å². The minimum Gasteiger partial charge on any atom is -0.453 e. The van der Waals surface area contributed by atoms with Gasteiger partial charge in [0.2, 0.25) is 10.0 Å². The highest BCUT2D eigenvalue weighted by molar-refractivity contribution is 7.89. The molecule has 0 radical (unpaired) electrons. The minimum atomic E-state index is -3.91. The Balaban J connectivity index is 1.64. The van der Waals surface area contributed by atoms with Crippen molar-refractivity contribution < 1.29 is 22.3 Å². The van der Waals surface area contributed by atoms with Crippen molar-refractivity contribution in [3.63, 3.8) is 0 Å². The molecule has 1 amide bonds. The van der Waals surface area contributed by atoms with Gasteiger partial charge in [-0.2, -0.15) is 0 Å². The van der Waals surface area contributed by atoms with Gasteiger partial charge in [-0.05, 0) is 48.0 Å². The van der Waals surface area contributed by atoms with Crippen LogP contribution in [0.15, 0.2) is 65.7 Å². The second-order valence-corrected chi connectivity index (χ2v) is 8.17. The highest BCUT2D eigenvalue weighted by atomic mass is 32.2. The van der Waals surface area contributed by atoms with E-state index in [2.05, 4.69) is 9.71 Å². The van der Waals surface area contributed by atoms with Crippen molar-refractivity contribution in [3.8, 4) is 11.5 Å². The van der Waals surface area contributed by atoms with Gasteiger partial charge in [0.1, 0.15) is 11.6 Å². The molecule has 1 aliphatic rings. The van der Waals surface area contributed by atoms with Crippen LogP contribution in [0.4, 0.5) is 10.2 Å². The molecule has 0 spiro atoms. The summed E-state index contributed by atoms with van der Waals surface area (Å²) < 4.78 is 46.6. The summed E-state index contributed by atoms with van der Waals surface area (Å²) in [6, 6.07) is 12.9. The van der Waals surface area contributed by atoms with Crippen molar-refractivity contribution in [2.75, 3.05) is 11.9 Å². The van der Waals surface area contributed by atoms with Crippen LogP contribution in [0.1, 0.15) is 15.9 Å². The fourth-order valence-electron chi connectivity index (χ4n) is 2.91. The van der Waals surface area contributed by atoms with Crippen LogP contribution in [0, 0.1) is 5.82 Å². The largest absolute Gasteiger partial charge is 0.453 e. The molecular weight excluding hydrogens is 397 g/mol. The van der Waals surface area contributed by atoms with E-state index in [0.29, 0.717) is 17.1 Å². The number of hydrogen-bond acceptors (Lipinski definition) is 5. The van der Waals surface area contributed by atoms with Crippen molar-refractivity contribution in [1.29, 1.82) is 0 Å². The number of pyridine rings is 1. The van der Waals surface area contributed by atoms with Crippen molar-refractivity contribution in [2.24, 2.45) is 0 Å². The monoisotopic (exact) mass is 413 g/mol. The summed E-state index contributed by atoms with van der Waals surface area (Å²) in [5.74, 6) is 0.138. The Bertz CT molecular complexity index is 1200. The lowest BCUT2D eigenvalue weighted by atomic mass is 10.2. The zero-order valence-electron chi connectivity index (χ0n) is 15.3. The van der Waals surface area contributed by atoms with E-state index in [4.69, 9.17) is 4.74 Å². The molecule has 1 aliphatic heterocycles. The van der Waals surface area contributed by atoms with Crippen molar-refractivity contribution >= 4 is 21.7 Å². The zero-order chi connectivity index (χ0) is 20.6. The molecular formula is C20H16FN3O4S. The van der Waals surface area contributed by atoms with Gasteiger partial charge in [0, 0.05) is 19.8 Å². The highest BCUT2D eigenvalue weighted by Crippen LogP contribution is 2.37. The minimum absolute atomic E-state index is 0.0145. The Labute approximate surface area is 166 Å². The molecule has 29 heavy (non-hydrogen) atoms. The van der Waals surface area contributed by atoms with Crippen molar-refractivity contribution in [1.82, 2.24) is 9.71 Å². The summed E-state index contributed by atoms with van der Waals surface area (Å²) in [7, 11) is -2.37. The van der Waals surface area contributed by atoms with Crippen LogP contribution in [0.25, 0.3) is 0 Å². The first-order valence-electron chi connectivity index (χ1n) is 8.64. The van der Waals surface area contributed by atoms with Gasteiger partial charge in [-0.15, -0.1) is 0 Å². The summed E-state index contributed by atoms with van der Waals surface area (Å²) in [6.45, 7) is -0.0145. The maximum Gasteiger partial charge on any atom is 0.263 e. The number of carbonyl (C=O) groups is 1. The van der Waals surface area contributed by atoms with Gasteiger partial charge < -0.3 is 4.74 Å². The van der Waals surface area contributed by atoms with Crippen molar-refractivity contribution in [2.45, 2.75) is 11.4 Å². The van der Waals surface area contributed by atoms with Gasteiger partial charge in [-0.3, -0.25) is 9.69 Å². The fraction of sp³-hybridized carbons (Fsp3) is 0.100. The van der Waals surface area contributed by atoms with E-state index in [-0.39, 0.29) is 22.8 Å². The van der Waals surface area contributed by atoms with Crippen molar-refractivity contribution in [3.05, 3.63) is 77.7 Å². The number of hydrogen-bond donors (Lipinski definition) is 1. The molecule has 7 nitrogen and oxygen atoms in total. The number of amides is 1. The second kappa shape index (κ2) is 7.26. The second-order valence-electron chi connectivity index (χ2n) is 6.40. The molecule has 0 fully saturated rings. The summed E-state index contributed by atoms with van der Waals surface area (Å²) in [6.07, 6.45) is 1.54. The van der Waals surface area contributed by atoms with Gasteiger partial charge in [0.05, 0.1) is 10.5 Å². The lowest BCUT2D eigenvalue weighted by Gasteiger charge is -2.14. The zero-order valence-corrected chi connectivity index (χ0v) is 16.1. The Hall–Kier alpha value is -3.30. The first-order valence-corrected chi connectivity index (χ1v) is 10.1. The fourth-order valence-corrected chi connectivity index (χ4v) is 3.95. The first kappa shape index (κ1) is 19.0. The number of sulfonamides is 1. The molecule has 0 atom stereocenters. The number of ether oxygens (including phenoxy) is 1. The SMILES string of the molecule is CN1C(=O)c2cc(S(=O)(=O)NCc3ccc(F)cc3)ccc2Oc2cccnc21. The average molecular weight is 413 g/mol. The summed E-state index contributed by atoms with van der Waals surface area (Å²) in [5, 5.41) is 0. The predicted molar refractivity (Wildman–Crippen MR) is 104 cm³/mol. The lowest BCUT2D eigenvalue weighted by Crippen LogP contribution is -2.27. The molecule has 0 aliphatic carbocycles. The van der Waals surface area contributed by atoms with Crippen LogP contribution < -0.4 is 14.4 Å². The van der Waals surface area contributed by atoms with Crippen LogP contribution in [0.2, 0.25) is 0 Å². The molecule has 148 valence electrons. The molecule has 2 heterocycles. The Morgan fingerprint density at radius 2 is 1.86 bits per heavy atom. The van der Waals surface area contributed by atoms with E-state index in [0.717, 1.165) is 0 Å². The van der Waals surface area contributed by atoms with Gasteiger partial charge in [-0.1, -0.05) is 12.1 Å². The highest BCUT2D eigenvalue weighted by Gasteiger charge is 2.28. The smallest absolute Gasteiger partial charge is 0.263 e. The molecule has 0 saturated heterocycles. The maximum atomic E-state index is 13.0.